The first-order valence-corrected chi connectivity index (χ1v) is 5.11. The molecule has 0 unspecified atom stereocenters. The van der Waals surface area contributed by atoms with Gasteiger partial charge in [-0.3, -0.25) is 0 Å². The van der Waals surface area contributed by atoms with Gasteiger partial charge in [-0.25, -0.2) is 9.79 Å². The van der Waals surface area contributed by atoms with Crippen LogP contribution in [0.4, 0.5) is 0 Å². The monoisotopic (exact) mass is 287 g/mol. The second-order valence-corrected chi connectivity index (χ2v) is 3.68. The van der Waals surface area contributed by atoms with E-state index in [2.05, 4.69) is 20.9 Å². The first-order chi connectivity index (χ1) is 7.65. The number of carbonyl (C=O) groups excluding carboxylic acids is 1. The molecule has 0 aliphatic heterocycles. The lowest BCUT2D eigenvalue weighted by Crippen LogP contribution is -1.96. The zero-order valence-corrected chi connectivity index (χ0v) is 10.4. The summed E-state index contributed by atoms with van der Waals surface area (Å²) in [5.41, 5.74) is 0.372. The quantitative estimate of drug-likeness (QED) is 0.679. The van der Waals surface area contributed by atoms with Crippen molar-refractivity contribution < 1.29 is 19.4 Å². The lowest BCUT2D eigenvalue weighted by molar-refractivity contribution is 0.346. The number of aromatic hydroxyl groups is 1. The van der Waals surface area contributed by atoms with Crippen LogP contribution in [-0.2, 0) is 11.3 Å². The molecule has 0 aliphatic carbocycles. The van der Waals surface area contributed by atoms with Crippen molar-refractivity contribution in [3.8, 4) is 17.2 Å². The summed E-state index contributed by atoms with van der Waals surface area (Å²) in [6.07, 6.45) is 1.40. The van der Waals surface area contributed by atoms with Gasteiger partial charge in [0.25, 0.3) is 0 Å². The molecule has 1 rings (SSSR count). The van der Waals surface area contributed by atoms with Gasteiger partial charge in [-0.2, -0.15) is 0 Å². The summed E-state index contributed by atoms with van der Waals surface area (Å²) in [5, 5.41) is 9.78. The van der Waals surface area contributed by atoms with Crippen molar-refractivity contribution in [2.24, 2.45) is 4.99 Å². The summed E-state index contributed by atoms with van der Waals surface area (Å²) in [6.45, 7) is -0.0195. The van der Waals surface area contributed by atoms with Crippen LogP contribution in [0.3, 0.4) is 0 Å². The first kappa shape index (κ1) is 12.5. The maximum atomic E-state index is 10.1. The number of halogens is 1. The van der Waals surface area contributed by atoms with E-state index in [1.165, 1.54) is 20.3 Å². The summed E-state index contributed by atoms with van der Waals surface area (Å²) in [5.74, 6) is 0.766. The molecule has 5 nitrogen and oxygen atoms in total. The number of phenols is 1. The van der Waals surface area contributed by atoms with E-state index in [4.69, 9.17) is 9.47 Å². The molecule has 1 aromatic rings. The van der Waals surface area contributed by atoms with E-state index in [-0.39, 0.29) is 12.3 Å². The Bertz CT molecular complexity index is 441. The number of hydrogen-bond donors (Lipinski definition) is 1. The zero-order valence-electron chi connectivity index (χ0n) is 8.78. The van der Waals surface area contributed by atoms with Crippen LogP contribution in [0.25, 0.3) is 0 Å². The van der Waals surface area contributed by atoms with E-state index >= 15 is 0 Å². The third kappa shape index (κ3) is 2.35. The van der Waals surface area contributed by atoms with Crippen LogP contribution in [0.15, 0.2) is 15.5 Å². The number of benzene rings is 1. The predicted molar refractivity (Wildman–Crippen MR) is 60.7 cm³/mol. The molecule has 1 aromatic carbocycles. The number of rotatable bonds is 4. The van der Waals surface area contributed by atoms with Gasteiger partial charge in [0.2, 0.25) is 6.08 Å². The van der Waals surface area contributed by atoms with Gasteiger partial charge < -0.3 is 14.6 Å². The average molecular weight is 288 g/mol. The molecule has 0 aromatic heterocycles. The van der Waals surface area contributed by atoms with Crippen molar-refractivity contribution in [2.75, 3.05) is 14.2 Å². The molecular weight excluding hydrogens is 278 g/mol. The van der Waals surface area contributed by atoms with Crippen molar-refractivity contribution in [3.63, 3.8) is 0 Å². The molecule has 0 spiro atoms. The van der Waals surface area contributed by atoms with Gasteiger partial charge in [0.1, 0.15) is 5.75 Å². The fourth-order valence-electron chi connectivity index (χ4n) is 1.28. The van der Waals surface area contributed by atoms with Crippen molar-refractivity contribution >= 4 is 22.0 Å². The molecule has 0 aliphatic rings. The minimum Gasteiger partial charge on any atom is -0.506 e. The smallest absolute Gasteiger partial charge is 0.235 e. The SMILES string of the molecule is COc1cc(Br)c(O)c(CN=C=O)c1OC. The van der Waals surface area contributed by atoms with Gasteiger partial charge in [0.05, 0.1) is 30.8 Å². The molecule has 0 saturated carbocycles. The molecule has 0 bridgehead atoms. The van der Waals surface area contributed by atoms with Crippen molar-refractivity contribution in [1.82, 2.24) is 0 Å². The molecule has 1 N–H and O–H groups in total. The van der Waals surface area contributed by atoms with E-state index in [1.54, 1.807) is 6.07 Å². The number of nitrogens with zero attached hydrogens (tertiary/aromatic N) is 1. The maximum Gasteiger partial charge on any atom is 0.235 e. The second kappa shape index (κ2) is 5.53. The number of isocyanates is 1. The molecule has 0 fully saturated rings. The van der Waals surface area contributed by atoms with Gasteiger partial charge in [0, 0.05) is 6.07 Å². The Labute approximate surface area is 101 Å². The lowest BCUT2D eigenvalue weighted by Gasteiger charge is -2.13. The second-order valence-electron chi connectivity index (χ2n) is 2.83. The van der Waals surface area contributed by atoms with Crippen molar-refractivity contribution in [3.05, 3.63) is 16.1 Å². The number of ether oxygens (including phenoxy) is 2. The maximum absolute atomic E-state index is 10.1. The molecule has 0 saturated heterocycles. The minimum atomic E-state index is -0.0309. The summed E-state index contributed by atoms with van der Waals surface area (Å²) >= 11 is 3.17. The molecule has 0 radical (unpaired) electrons. The summed E-state index contributed by atoms with van der Waals surface area (Å²) < 4.78 is 10.6. The van der Waals surface area contributed by atoms with Crippen molar-refractivity contribution in [1.29, 1.82) is 0 Å². The molecule has 6 heteroatoms. The number of methoxy groups -OCH3 is 2. The Morgan fingerprint density at radius 2 is 2.19 bits per heavy atom. The van der Waals surface area contributed by atoms with Crippen LogP contribution in [0.5, 0.6) is 17.2 Å². The van der Waals surface area contributed by atoms with Crippen LogP contribution < -0.4 is 9.47 Å². The lowest BCUT2D eigenvalue weighted by atomic mass is 10.1. The highest BCUT2D eigenvalue weighted by molar-refractivity contribution is 9.10. The zero-order chi connectivity index (χ0) is 12.1. The highest BCUT2D eigenvalue weighted by Gasteiger charge is 2.17. The Morgan fingerprint density at radius 1 is 1.50 bits per heavy atom. The third-order valence-electron chi connectivity index (χ3n) is 1.99. The molecule has 0 atom stereocenters. The standard InChI is InChI=1S/C10H10BrNO4/c1-15-8-3-7(11)9(14)6(4-12-5-13)10(8)16-2/h3,14H,4H2,1-2H3. The normalized spacial score (nSPS) is 9.44. The fraction of sp³-hybridized carbons (Fsp3) is 0.300. The minimum absolute atomic E-state index is 0.0195. The van der Waals surface area contributed by atoms with E-state index in [9.17, 15) is 9.90 Å². The van der Waals surface area contributed by atoms with Crippen LogP contribution >= 0.6 is 15.9 Å². The third-order valence-corrected chi connectivity index (χ3v) is 2.60. The Balaban J connectivity index is 3.39. The molecule has 86 valence electrons. The predicted octanol–water partition coefficient (Wildman–Crippen LogP) is 2.01. The van der Waals surface area contributed by atoms with Gasteiger partial charge in [-0.15, -0.1) is 0 Å². The first-order valence-electron chi connectivity index (χ1n) is 4.31. The number of aliphatic imine (C=N–C) groups is 1. The Kier molecular flexibility index (Phi) is 4.34. The van der Waals surface area contributed by atoms with Gasteiger partial charge in [-0.1, -0.05) is 0 Å². The number of hydrogen-bond acceptors (Lipinski definition) is 5. The summed E-state index contributed by atoms with van der Waals surface area (Å²) in [6, 6.07) is 1.57. The average Bonchev–Trinajstić information content (AvgIpc) is 2.30. The Morgan fingerprint density at radius 3 is 2.69 bits per heavy atom. The van der Waals surface area contributed by atoms with Crippen LogP contribution in [0, 0.1) is 0 Å². The highest BCUT2D eigenvalue weighted by Crippen LogP contribution is 2.42. The number of phenolic OH excluding ortho intramolecular Hbond substituents is 1. The van der Waals surface area contributed by atoms with Crippen LogP contribution in [0.2, 0.25) is 0 Å². The van der Waals surface area contributed by atoms with Gasteiger partial charge >= 0.3 is 0 Å². The summed E-state index contributed by atoms with van der Waals surface area (Å²) in [4.78, 5) is 13.5. The van der Waals surface area contributed by atoms with E-state index in [1.807, 2.05) is 0 Å². The van der Waals surface area contributed by atoms with E-state index < -0.39 is 0 Å². The topological polar surface area (TPSA) is 68.1 Å². The molecule has 16 heavy (non-hydrogen) atoms. The summed E-state index contributed by atoms with van der Waals surface area (Å²) in [7, 11) is 2.92. The largest absolute Gasteiger partial charge is 0.506 e. The van der Waals surface area contributed by atoms with Gasteiger partial charge in [-0.05, 0) is 15.9 Å². The van der Waals surface area contributed by atoms with E-state index in [0.29, 0.717) is 21.5 Å². The highest BCUT2D eigenvalue weighted by atomic mass is 79.9. The van der Waals surface area contributed by atoms with Crippen molar-refractivity contribution in [2.45, 2.75) is 6.54 Å². The van der Waals surface area contributed by atoms with Crippen LogP contribution in [0.1, 0.15) is 5.56 Å². The Hall–Kier alpha value is -1.52. The molecule has 0 heterocycles. The molecular formula is C10H10BrNO4. The van der Waals surface area contributed by atoms with Crippen LogP contribution in [-0.4, -0.2) is 25.4 Å². The van der Waals surface area contributed by atoms with Gasteiger partial charge in [0.15, 0.2) is 11.5 Å². The molecule has 0 amide bonds. The fourth-order valence-corrected chi connectivity index (χ4v) is 1.73. The van der Waals surface area contributed by atoms with E-state index in [0.717, 1.165) is 0 Å².